The summed E-state index contributed by atoms with van der Waals surface area (Å²) in [4.78, 5) is 0.170. The summed E-state index contributed by atoms with van der Waals surface area (Å²) in [6.45, 7) is 5.10. The molecule has 0 radical (unpaired) electrons. The first-order chi connectivity index (χ1) is 8.31. The topological polar surface area (TPSA) is 46.2 Å². The number of hydrogen-bond donors (Lipinski definition) is 1. The molecule has 0 aliphatic heterocycles. The molecular formula is C12H17BrFNO2S. The first-order valence-corrected chi connectivity index (χ1v) is 8.27. The summed E-state index contributed by atoms with van der Waals surface area (Å²) in [5.41, 5.74) is 0.842. The molecule has 0 saturated heterocycles. The Balaban J connectivity index is 3.21. The second-order valence-corrected chi connectivity index (χ2v) is 6.55. The summed E-state index contributed by atoms with van der Waals surface area (Å²) in [6.07, 6.45) is 0.684. The molecule has 1 rings (SSSR count). The quantitative estimate of drug-likeness (QED) is 0.839. The SMILES string of the molecule is CCC(CBr)NS(=O)(=O)c1c(C)cc(F)cc1C. The Morgan fingerprint density at radius 2 is 1.83 bits per heavy atom. The molecule has 0 aliphatic rings. The lowest BCUT2D eigenvalue weighted by Gasteiger charge is -2.17. The van der Waals surface area contributed by atoms with Gasteiger partial charge in [-0.2, -0.15) is 0 Å². The van der Waals surface area contributed by atoms with Crippen LogP contribution in [0, 0.1) is 19.7 Å². The summed E-state index contributed by atoms with van der Waals surface area (Å²) in [7, 11) is -3.61. The number of benzene rings is 1. The van der Waals surface area contributed by atoms with Crippen molar-refractivity contribution >= 4 is 26.0 Å². The van der Waals surface area contributed by atoms with Gasteiger partial charge in [-0.1, -0.05) is 22.9 Å². The van der Waals surface area contributed by atoms with Crippen LogP contribution in [0.4, 0.5) is 4.39 Å². The first-order valence-electron chi connectivity index (χ1n) is 5.66. The molecule has 3 nitrogen and oxygen atoms in total. The number of hydrogen-bond acceptors (Lipinski definition) is 2. The van der Waals surface area contributed by atoms with Crippen LogP contribution in [0.5, 0.6) is 0 Å². The summed E-state index contributed by atoms with van der Waals surface area (Å²) >= 11 is 3.26. The van der Waals surface area contributed by atoms with Gasteiger partial charge in [-0.05, 0) is 43.5 Å². The highest BCUT2D eigenvalue weighted by Gasteiger charge is 2.22. The number of aryl methyl sites for hydroxylation is 2. The van der Waals surface area contributed by atoms with E-state index in [2.05, 4.69) is 20.7 Å². The molecule has 1 unspecified atom stereocenters. The fraction of sp³-hybridized carbons (Fsp3) is 0.500. The van der Waals surface area contributed by atoms with Crippen LogP contribution in [0.2, 0.25) is 0 Å². The minimum atomic E-state index is -3.61. The molecule has 0 fully saturated rings. The van der Waals surface area contributed by atoms with Gasteiger partial charge in [0.05, 0.1) is 4.90 Å². The van der Waals surface area contributed by atoms with Crippen LogP contribution in [0.1, 0.15) is 24.5 Å². The van der Waals surface area contributed by atoms with Crippen molar-refractivity contribution in [3.63, 3.8) is 0 Å². The molecule has 0 amide bonds. The lowest BCUT2D eigenvalue weighted by atomic mass is 10.1. The highest BCUT2D eigenvalue weighted by atomic mass is 79.9. The van der Waals surface area contributed by atoms with Crippen molar-refractivity contribution in [1.82, 2.24) is 4.72 Å². The van der Waals surface area contributed by atoms with Gasteiger partial charge < -0.3 is 0 Å². The monoisotopic (exact) mass is 337 g/mol. The van der Waals surface area contributed by atoms with Gasteiger partial charge in [0.25, 0.3) is 0 Å². The molecular weight excluding hydrogens is 321 g/mol. The van der Waals surface area contributed by atoms with Gasteiger partial charge in [-0.15, -0.1) is 0 Å². The van der Waals surface area contributed by atoms with Crippen LogP contribution >= 0.6 is 15.9 Å². The molecule has 0 saturated carbocycles. The van der Waals surface area contributed by atoms with E-state index >= 15 is 0 Å². The van der Waals surface area contributed by atoms with Gasteiger partial charge in [-0.3, -0.25) is 0 Å². The van der Waals surface area contributed by atoms with Crippen LogP contribution in [-0.2, 0) is 10.0 Å². The third-order valence-corrected chi connectivity index (χ3v) is 5.30. The van der Waals surface area contributed by atoms with Gasteiger partial charge in [0, 0.05) is 11.4 Å². The van der Waals surface area contributed by atoms with Crippen LogP contribution in [0.25, 0.3) is 0 Å². The zero-order chi connectivity index (χ0) is 13.9. The Morgan fingerprint density at radius 1 is 1.33 bits per heavy atom. The van der Waals surface area contributed by atoms with Gasteiger partial charge in [-0.25, -0.2) is 17.5 Å². The lowest BCUT2D eigenvalue weighted by molar-refractivity contribution is 0.557. The van der Waals surface area contributed by atoms with Gasteiger partial charge in [0.15, 0.2) is 0 Å². The van der Waals surface area contributed by atoms with Gasteiger partial charge in [0.1, 0.15) is 5.82 Å². The minimum absolute atomic E-state index is 0.168. The maximum atomic E-state index is 13.2. The van der Waals surface area contributed by atoms with Crippen molar-refractivity contribution in [3.8, 4) is 0 Å². The number of sulfonamides is 1. The molecule has 0 bridgehead atoms. The molecule has 0 spiro atoms. The smallest absolute Gasteiger partial charge is 0.207 e. The molecule has 1 aromatic carbocycles. The number of halogens is 2. The van der Waals surface area contributed by atoms with E-state index in [9.17, 15) is 12.8 Å². The molecule has 0 aliphatic carbocycles. The summed E-state index contributed by atoms with van der Waals surface area (Å²) in [6, 6.07) is 2.30. The van der Waals surface area contributed by atoms with E-state index in [1.165, 1.54) is 12.1 Å². The van der Waals surface area contributed by atoms with E-state index in [4.69, 9.17) is 0 Å². The fourth-order valence-electron chi connectivity index (χ4n) is 1.82. The number of alkyl halides is 1. The van der Waals surface area contributed by atoms with E-state index in [1.54, 1.807) is 13.8 Å². The molecule has 1 atom stereocenters. The third kappa shape index (κ3) is 3.52. The minimum Gasteiger partial charge on any atom is -0.207 e. The standard InChI is InChI=1S/C12H17BrFNO2S/c1-4-11(7-13)15-18(16,17)12-8(2)5-10(14)6-9(12)3/h5-6,11,15H,4,7H2,1-3H3. The summed E-state index contributed by atoms with van der Waals surface area (Å²) in [5.74, 6) is -0.420. The fourth-order valence-corrected chi connectivity index (χ4v) is 4.43. The van der Waals surface area contributed by atoms with Gasteiger partial charge >= 0.3 is 0 Å². The van der Waals surface area contributed by atoms with Crippen molar-refractivity contribution in [3.05, 3.63) is 29.1 Å². The predicted molar refractivity (Wildman–Crippen MR) is 74.1 cm³/mol. The Bertz CT molecular complexity index is 504. The molecule has 1 N–H and O–H groups in total. The Labute approximate surface area is 116 Å². The highest BCUT2D eigenvalue weighted by Crippen LogP contribution is 2.21. The molecule has 0 aromatic heterocycles. The van der Waals surface area contributed by atoms with Crippen LogP contribution in [0.15, 0.2) is 17.0 Å². The highest BCUT2D eigenvalue weighted by molar-refractivity contribution is 9.09. The maximum absolute atomic E-state index is 13.2. The van der Waals surface area contributed by atoms with E-state index in [0.29, 0.717) is 22.9 Å². The average molecular weight is 338 g/mol. The average Bonchev–Trinajstić information content (AvgIpc) is 2.23. The van der Waals surface area contributed by atoms with Crippen molar-refractivity contribution in [1.29, 1.82) is 0 Å². The zero-order valence-electron chi connectivity index (χ0n) is 10.6. The Kier molecular flexibility index (Phi) is 5.31. The summed E-state index contributed by atoms with van der Waals surface area (Å²) in [5, 5.41) is 0.544. The molecule has 6 heteroatoms. The molecule has 18 heavy (non-hydrogen) atoms. The molecule has 1 aromatic rings. The van der Waals surface area contributed by atoms with Crippen LogP contribution < -0.4 is 4.72 Å². The van der Waals surface area contributed by atoms with Crippen molar-refractivity contribution in [2.24, 2.45) is 0 Å². The van der Waals surface area contributed by atoms with E-state index in [1.807, 2.05) is 6.92 Å². The van der Waals surface area contributed by atoms with Gasteiger partial charge in [0.2, 0.25) is 10.0 Å². The van der Waals surface area contributed by atoms with Crippen molar-refractivity contribution in [2.45, 2.75) is 38.1 Å². The van der Waals surface area contributed by atoms with E-state index in [-0.39, 0.29) is 10.9 Å². The predicted octanol–water partition coefficient (Wildman–Crippen LogP) is 2.89. The Morgan fingerprint density at radius 3 is 2.22 bits per heavy atom. The first kappa shape index (κ1) is 15.6. The van der Waals surface area contributed by atoms with Crippen LogP contribution in [-0.4, -0.2) is 19.8 Å². The van der Waals surface area contributed by atoms with Crippen molar-refractivity contribution in [2.75, 3.05) is 5.33 Å². The number of rotatable bonds is 5. The normalized spacial score (nSPS) is 13.6. The number of nitrogens with one attached hydrogen (secondary N) is 1. The van der Waals surface area contributed by atoms with E-state index in [0.717, 1.165) is 0 Å². The van der Waals surface area contributed by atoms with Crippen molar-refractivity contribution < 1.29 is 12.8 Å². The van der Waals surface area contributed by atoms with Crippen LogP contribution in [0.3, 0.4) is 0 Å². The summed E-state index contributed by atoms with van der Waals surface area (Å²) < 4.78 is 40.3. The Hall–Kier alpha value is -0.460. The maximum Gasteiger partial charge on any atom is 0.241 e. The molecule has 102 valence electrons. The largest absolute Gasteiger partial charge is 0.241 e. The third-order valence-electron chi connectivity index (χ3n) is 2.69. The van der Waals surface area contributed by atoms with E-state index < -0.39 is 15.8 Å². The molecule has 0 heterocycles. The zero-order valence-corrected chi connectivity index (χ0v) is 13.0. The second kappa shape index (κ2) is 6.12. The lowest BCUT2D eigenvalue weighted by Crippen LogP contribution is -2.36. The second-order valence-electron chi connectivity index (χ2n) is 4.25.